The Labute approximate surface area is 149 Å². The van der Waals surface area contributed by atoms with Crippen LogP contribution in [0.25, 0.3) is 0 Å². The van der Waals surface area contributed by atoms with Crippen molar-refractivity contribution in [1.29, 1.82) is 0 Å². The van der Waals surface area contributed by atoms with Crippen LogP contribution in [0.4, 0.5) is 5.69 Å². The van der Waals surface area contributed by atoms with Crippen molar-refractivity contribution in [1.82, 2.24) is 4.31 Å². The first kappa shape index (κ1) is 18.4. The number of benzene rings is 1. The second kappa shape index (κ2) is 7.05. The van der Waals surface area contributed by atoms with E-state index in [9.17, 15) is 13.2 Å². The maximum atomic E-state index is 12.9. The molecule has 2 saturated heterocycles. The van der Waals surface area contributed by atoms with Gasteiger partial charge in [-0.25, -0.2) is 8.42 Å². The number of amides is 1. The van der Waals surface area contributed by atoms with E-state index in [4.69, 9.17) is 4.74 Å². The Bertz CT molecular complexity index is 726. The molecule has 0 spiro atoms. The molecular formula is C18H26N2O4S. The Balaban J connectivity index is 1.73. The first-order chi connectivity index (χ1) is 11.9. The predicted octanol–water partition coefficient (Wildman–Crippen LogP) is 2.61. The molecule has 0 aliphatic carbocycles. The summed E-state index contributed by atoms with van der Waals surface area (Å²) >= 11 is 0. The van der Waals surface area contributed by atoms with Gasteiger partial charge < -0.3 is 10.1 Å². The van der Waals surface area contributed by atoms with Crippen molar-refractivity contribution in [2.24, 2.45) is 5.41 Å². The highest BCUT2D eigenvalue weighted by Crippen LogP contribution is 2.30. The number of ether oxygens (including phenoxy) is 1. The van der Waals surface area contributed by atoms with E-state index in [0.717, 1.165) is 25.7 Å². The first-order valence-electron chi connectivity index (χ1n) is 8.88. The summed E-state index contributed by atoms with van der Waals surface area (Å²) in [6.07, 6.45) is 3.74. The van der Waals surface area contributed by atoms with Gasteiger partial charge in [0.15, 0.2) is 0 Å². The smallest absolute Gasteiger partial charge is 0.243 e. The molecule has 1 amide bonds. The minimum absolute atomic E-state index is 0.0803. The molecule has 1 unspecified atom stereocenters. The van der Waals surface area contributed by atoms with Crippen molar-refractivity contribution in [3.05, 3.63) is 24.3 Å². The summed E-state index contributed by atoms with van der Waals surface area (Å²) in [5.41, 5.74) is 0.107. The number of piperidine rings is 1. The highest BCUT2D eigenvalue weighted by Gasteiger charge is 2.41. The van der Waals surface area contributed by atoms with Crippen LogP contribution in [0.1, 0.15) is 39.5 Å². The molecule has 2 heterocycles. The van der Waals surface area contributed by atoms with Crippen LogP contribution >= 0.6 is 0 Å². The fourth-order valence-electron chi connectivity index (χ4n) is 3.37. The van der Waals surface area contributed by atoms with Gasteiger partial charge in [0.2, 0.25) is 15.9 Å². The van der Waals surface area contributed by atoms with Crippen molar-refractivity contribution >= 4 is 21.6 Å². The van der Waals surface area contributed by atoms with Crippen molar-refractivity contribution in [3.63, 3.8) is 0 Å². The molecule has 1 aromatic carbocycles. The summed E-state index contributed by atoms with van der Waals surface area (Å²) < 4.78 is 32.6. The number of carbonyl (C=O) groups is 1. The highest BCUT2D eigenvalue weighted by atomic mass is 32.2. The third-order valence-corrected chi connectivity index (χ3v) is 7.12. The van der Waals surface area contributed by atoms with Crippen LogP contribution in [0, 0.1) is 5.41 Å². The molecule has 7 heteroatoms. The van der Waals surface area contributed by atoms with Gasteiger partial charge >= 0.3 is 0 Å². The van der Waals surface area contributed by atoms with E-state index in [-0.39, 0.29) is 16.8 Å². The average Bonchev–Trinajstić information content (AvgIpc) is 2.60. The maximum absolute atomic E-state index is 12.9. The van der Waals surface area contributed by atoms with Crippen LogP contribution in [0.3, 0.4) is 0 Å². The molecule has 138 valence electrons. The zero-order valence-electron chi connectivity index (χ0n) is 14.8. The van der Waals surface area contributed by atoms with Crippen molar-refractivity contribution < 1.29 is 17.9 Å². The van der Waals surface area contributed by atoms with E-state index in [0.29, 0.717) is 25.4 Å². The van der Waals surface area contributed by atoms with Gasteiger partial charge in [-0.15, -0.1) is 0 Å². The minimum atomic E-state index is -3.49. The lowest BCUT2D eigenvalue weighted by atomic mass is 9.87. The van der Waals surface area contributed by atoms with Crippen LogP contribution < -0.4 is 5.32 Å². The normalized spacial score (nSPS) is 23.7. The maximum Gasteiger partial charge on any atom is 0.243 e. The van der Waals surface area contributed by atoms with Gasteiger partial charge in [-0.3, -0.25) is 4.79 Å². The number of hydrogen-bond donors (Lipinski definition) is 1. The Morgan fingerprint density at radius 1 is 1.28 bits per heavy atom. The van der Waals surface area contributed by atoms with E-state index >= 15 is 0 Å². The fourth-order valence-corrected chi connectivity index (χ4v) is 5.13. The van der Waals surface area contributed by atoms with Gasteiger partial charge in [0.05, 0.1) is 23.5 Å². The van der Waals surface area contributed by atoms with Gasteiger partial charge in [-0.1, -0.05) is 13.3 Å². The molecule has 6 nitrogen and oxygen atoms in total. The first-order valence-corrected chi connectivity index (χ1v) is 10.3. The number of hydrogen-bond acceptors (Lipinski definition) is 4. The molecule has 2 aliphatic heterocycles. The van der Waals surface area contributed by atoms with Gasteiger partial charge in [0, 0.05) is 18.3 Å². The van der Waals surface area contributed by atoms with E-state index in [1.807, 2.05) is 13.8 Å². The van der Waals surface area contributed by atoms with Crippen LogP contribution in [-0.4, -0.2) is 44.4 Å². The summed E-state index contributed by atoms with van der Waals surface area (Å²) in [7, 11) is -3.49. The second-order valence-corrected chi connectivity index (χ2v) is 9.10. The van der Waals surface area contributed by atoms with Crippen LogP contribution in [0.2, 0.25) is 0 Å². The predicted molar refractivity (Wildman–Crippen MR) is 95.8 cm³/mol. The highest BCUT2D eigenvalue weighted by molar-refractivity contribution is 7.89. The Morgan fingerprint density at radius 2 is 1.96 bits per heavy atom. The lowest BCUT2D eigenvalue weighted by molar-refractivity contribution is -0.151. The molecule has 1 atom stereocenters. The molecule has 3 rings (SSSR count). The summed E-state index contributed by atoms with van der Waals surface area (Å²) in [6, 6.07) is 6.53. The molecule has 0 saturated carbocycles. The summed E-state index contributed by atoms with van der Waals surface area (Å²) in [5.74, 6) is -0.101. The minimum Gasteiger partial charge on any atom is -0.379 e. The number of nitrogens with one attached hydrogen (secondary N) is 1. The molecule has 1 aromatic rings. The van der Waals surface area contributed by atoms with Crippen LogP contribution in [0.5, 0.6) is 0 Å². The zero-order chi connectivity index (χ0) is 18.1. The molecule has 2 aliphatic rings. The number of sulfonamides is 1. The number of anilines is 1. The molecular weight excluding hydrogens is 340 g/mol. The Kier molecular flexibility index (Phi) is 5.18. The third-order valence-electron chi connectivity index (χ3n) is 5.15. The van der Waals surface area contributed by atoms with Gasteiger partial charge in [0.1, 0.15) is 0 Å². The molecule has 1 N–H and O–H groups in total. The van der Waals surface area contributed by atoms with E-state index in [2.05, 4.69) is 5.32 Å². The summed E-state index contributed by atoms with van der Waals surface area (Å²) in [4.78, 5) is 12.5. The van der Waals surface area contributed by atoms with Crippen LogP contribution in [-0.2, 0) is 19.6 Å². The van der Waals surface area contributed by atoms with Crippen molar-refractivity contribution in [2.45, 2.75) is 50.5 Å². The van der Waals surface area contributed by atoms with E-state index < -0.39 is 15.4 Å². The largest absolute Gasteiger partial charge is 0.379 e. The Hall–Kier alpha value is -1.44. The van der Waals surface area contributed by atoms with E-state index in [1.165, 1.54) is 0 Å². The zero-order valence-corrected chi connectivity index (χ0v) is 15.6. The monoisotopic (exact) mass is 366 g/mol. The standard InChI is InChI=1S/C18H26N2O4S/c1-3-15-6-4-5-11-20(15)25(22,23)16-9-7-14(8-10-16)19-17(21)18(2)12-24-13-18/h7-10,15H,3-6,11-13H2,1-2H3,(H,19,21). The van der Waals surface area contributed by atoms with Gasteiger partial charge in [-0.2, -0.15) is 4.31 Å². The topological polar surface area (TPSA) is 75.7 Å². The summed E-state index contributed by atoms with van der Waals surface area (Å²) in [5, 5.41) is 2.84. The van der Waals surface area contributed by atoms with Gasteiger partial charge in [0.25, 0.3) is 0 Å². The van der Waals surface area contributed by atoms with Crippen molar-refractivity contribution in [3.8, 4) is 0 Å². The quantitative estimate of drug-likeness (QED) is 0.869. The Morgan fingerprint density at radius 3 is 2.52 bits per heavy atom. The lowest BCUT2D eigenvalue weighted by Crippen LogP contribution is -2.49. The number of carbonyl (C=O) groups excluding carboxylic acids is 1. The van der Waals surface area contributed by atoms with E-state index in [1.54, 1.807) is 28.6 Å². The number of nitrogens with zero attached hydrogens (tertiary/aromatic N) is 1. The molecule has 0 aromatic heterocycles. The molecule has 25 heavy (non-hydrogen) atoms. The van der Waals surface area contributed by atoms with Gasteiger partial charge in [-0.05, 0) is 50.5 Å². The molecule has 0 bridgehead atoms. The molecule has 0 radical (unpaired) electrons. The second-order valence-electron chi connectivity index (χ2n) is 7.21. The number of rotatable bonds is 5. The van der Waals surface area contributed by atoms with Crippen LogP contribution in [0.15, 0.2) is 29.2 Å². The summed E-state index contributed by atoms with van der Waals surface area (Å²) in [6.45, 7) is 5.29. The third kappa shape index (κ3) is 3.59. The molecule has 2 fully saturated rings. The van der Waals surface area contributed by atoms with Crippen molar-refractivity contribution in [2.75, 3.05) is 25.1 Å². The SMILES string of the molecule is CCC1CCCCN1S(=O)(=O)c1ccc(NC(=O)C2(C)COC2)cc1. The average molecular weight is 366 g/mol. The lowest BCUT2D eigenvalue weighted by Gasteiger charge is -2.36. The fraction of sp³-hybridized carbons (Fsp3) is 0.611.